The molecule has 84 valence electrons. The van der Waals surface area contributed by atoms with Crippen LogP contribution in [0, 0.1) is 5.82 Å². The summed E-state index contributed by atoms with van der Waals surface area (Å²) in [6.45, 7) is 1.17. The summed E-state index contributed by atoms with van der Waals surface area (Å²) >= 11 is 0. The van der Waals surface area contributed by atoms with Crippen molar-refractivity contribution in [1.82, 2.24) is 10.2 Å². The number of amides is 2. The van der Waals surface area contributed by atoms with E-state index in [-0.39, 0.29) is 12.4 Å². The number of halogens is 1. The molecular formula is C11H11FN2O2. The van der Waals surface area contributed by atoms with Crippen LogP contribution in [0.3, 0.4) is 0 Å². The number of rotatable bonds is 2. The van der Waals surface area contributed by atoms with Gasteiger partial charge in [-0.3, -0.25) is 9.59 Å². The lowest BCUT2D eigenvalue weighted by Crippen LogP contribution is -2.51. The molecule has 0 radical (unpaired) electrons. The van der Waals surface area contributed by atoms with Gasteiger partial charge >= 0.3 is 11.8 Å². The average Bonchev–Trinajstić information content (AvgIpc) is 2.25. The highest BCUT2D eigenvalue weighted by molar-refractivity contribution is 6.35. The van der Waals surface area contributed by atoms with E-state index in [1.165, 1.54) is 17.0 Å². The van der Waals surface area contributed by atoms with Crippen LogP contribution >= 0.6 is 0 Å². The maximum atomic E-state index is 12.9. The van der Waals surface area contributed by atoms with Gasteiger partial charge in [-0.1, -0.05) is 12.1 Å². The Morgan fingerprint density at radius 1 is 1.38 bits per heavy atom. The zero-order chi connectivity index (χ0) is 11.5. The molecule has 2 rings (SSSR count). The molecule has 0 unspecified atom stereocenters. The predicted molar refractivity (Wildman–Crippen MR) is 54.8 cm³/mol. The van der Waals surface area contributed by atoms with Crippen LogP contribution in [0.25, 0.3) is 0 Å². The van der Waals surface area contributed by atoms with Gasteiger partial charge in [-0.2, -0.15) is 0 Å². The summed E-state index contributed by atoms with van der Waals surface area (Å²) in [5.74, 6) is -1.50. The summed E-state index contributed by atoms with van der Waals surface area (Å²) in [5.41, 5.74) is 0.683. The molecule has 1 aromatic carbocycles. The fourth-order valence-corrected chi connectivity index (χ4v) is 1.63. The molecule has 0 bridgehead atoms. The molecule has 2 amide bonds. The Kier molecular flexibility index (Phi) is 2.85. The van der Waals surface area contributed by atoms with Crippen LogP contribution in [0.5, 0.6) is 0 Å². The molecule has 4 nitrogen and oxygen atoms in total. The van der Waals surface area contributed by atoms with E-state index in [0.29, 0.717) is 18.7 Å². The molecule has 0 aromatic heterocycles. The zero-order valence-corrected chi connectivity index (χ0v) is 8.57. The monoisotopic (exact) mass is 222 g/mol. The molecule has 1 aliphatic rings. The van der Waals surface area contributed by atoms with E-state index in [0.717, 1.165) is 0 Å². The molecule has 0 aliphatic carbocycles. The molecule has 0 atom stereocenters. The lowest BCUT2D eigenvalue weighted by molar-refractivity contribution is -0.148. The SMILES string of the molecule is O=C1NCCN(Cc2cccc(F)c2)C1=O. The number of hydrogen-bond acceptors (Lipinski definition) is 2. The van der Waals surface area contributed by atoms with Gasteiger partial charge in [0, 0.05) is 19.6 Å². The third kappa shape index (κ3) is 2.18. The van der Waals surface area contributed by atoms with E-state index < -0.39 is 11.8 Å². The standard InChI is InChI=1S/C11H11FN2O2/c12-9-3-1-2-8(6-9)7-14-5-4-13-10(15)11(14)16/h1-3,6H,4-5,7H2,(H,13,15). The lowest BCUT2D eigenvalue weighted by atomic mass is 10.2. The van der Waals surface area contributed by atoms with E-state index in [1.807, 2.05) is 0 Å². The summed E-state index contributed by atoms with van der Waals surface area (Å²) < 4.78 is 12.9. The normalized spacial score (nSPS) is 16.2. The number of nitrogens with one attached hydrogen (secondary N) is 1. The first-order valence-electron chi connectivity index (χ1n) is 4.98. The third-order valence-corrected chi connectivity index (χ3v) is 2.41. The van der Waals surface area contributed by atoms with Crippen LogP contribution in [0.4, 0.5) is 4.39 Å². The Morgan fingerprint density at radius 3 is 2.94 bits per heavy atom. The summed E-state index contributed by atoms with van der Waals surface area (Å²) in [5, 5.41) is 2.45. The highest BCUT2D eigenvalue weighted by Crippen LogP contribution is 2.08. The Balaban J connectivity index is 2.09. The minimum Gasteiger partial charge on any atom is -0.346 e. The van der Waals surface area contributed by atoms with Gasteiger partial charge in [-0.25, -0.2) is 4.39 Å². The minimum absolute atomic E-state index is 0.268. The molecule has 5 heteroatoms. The number of hydrogen-bond donors (Lipinski definition) is 1. The third-order valence-electron chi connectivity index (χ3n) is 2.41. The van der Waals surface area contributed by atoms with Crippen LogP contribution in [-0.4, -0.2) is 29.8 Å². The Bertz CT molecular complexity index is 434. The van der Waals surface area contributed by atoms with Crippen LogP contribution < -0.4 is 5.32 Å². The van der Waals surface area contributed by atoms with Gasteiger partial charge in [0.15, 0.2) is 0 Å². The maximum absolute atomic E-state index is 12.9. The van der Waals surface area contributed by atoms with Gasteiger partial charge in [0.2, 0.25) is 0 Å². The van der Waals surface area contributed by atoms with E-state index >= 15 is 0 Å². The van der Waals surface area contributed by atoms with Crippen LogP contribution in [0.2, 0.25) is 0 Å². The number of nitrogens with zero attached hydrogens (tertiary/aromatic N) is 1. The molecule has 1 aromatic rings. The molecule has 1 saturated heterocycles. The molecule has 0 spiro atoms. The van der Waals surface area contributed by atoms with Crippen molar-refractivity contribution in [2.75, 3.05) is 13.1 Å². The van der Waals surface area contributed by atoms with Crippen molar-refractivity contribution in [1.29, 1.82) is 0 Å². The topological polar surface area (TPSA) is 49.4 Å². The number of carbonyl (C=O) groups is 2. The summed E-state index contributed by atoms with van der Waals surface area (Å²) in [7, 11) is 0. The first-order valence-corrected chi connectivity index (χ1v) is 4.98. The van der Waals surface area contributed by atoms with Crippen molar-refractivity contribution in [2.45, 2.75) is 6.54 Å². The van der Waals surface area contributed by atoms with Gasteiger partial charge in [0.1, 0.15) is 5.82 Å². The average molecular weight is 222 g/mol. The smallest absolute Gasteiger partial charge is 0.312 e. The molecule has 1 N–H and O–H groups in total. The van der Waals surface area contributed by atoms with Crippen molar-refractivity contribution >= 4 is 11.8 Å². The van der Waals surface area contributed by atoms with Crippen molar-refractivity contribution in [3.63, 3.8) is 0 Å². The summed E-state index contributed by atoms with van der Waals surface area (Å²) in [6.07, 6.45) is 0. The van der Waals surface area contributed by atoms with E-state index in [1.54, 1.807) is 12.1 Å². The van der Waals surface area contributed by atoms with Gasteiger partial charge in [-0.15, -0.1) is 0 Å². The second-order valence-corrected chi connectivity index (χ2v) is 3.61. The summed E-state index contributed by atoms with van der Waals surface area (Å²) in [4.78, 5) is 23.9. The molecule has 1 aliphatic heterocycles. The number of carbonyl (C=O) groups excluding carboxylic acids is 2. The van der Waals surface area contributed by atoms with Gasteiger partial charge in [-0.05, 0) is 17.7 Å². The van der Waals surface area contributed by atoms with Crippen LogP contribution in [0.15, 0.2) is 24.3 Å². The maximum Gasteiger partial charge on any atom is 0.312 e. The molecule has 1 fully saturated rings. The van der Waals surface area contributed by atoms with Gasteiger partial charge < -0.3 is 10.2 Å². The zero-order valence-electron chi connectivity index (χ0n) is 8.57. The van der Waals surface area contributed by atoms with E-state index in [2.05, 4.69) is 5.32 Å². The lowest BCUT2D eigenvalue weighted by Gasteiger charge is -2.26. The second-order valence-electron chi connectivity index (χ2n) is 3.61. The molecular weight excluding hydrogens is 211 g/mol. The fraction of sp³-hybridized carbons (Fsp3) is 0.273. The van der Waals surface area contributed by atoms with Gasteiger partial charge in [0.05, 0.1) is 0 Å². The van der Waals surface area contributed by atoms with Crippen molar-refractivity contribution in [2.24, 2.45) is 0 Å². The second kappa shape index (κ2) is 4.30. The minimum atomic E-state index is -0.595. The number of piperazine rings is 1. The highest BCUT2D eigenvalue weighted by Gasteiger charge is 2.25. The first kappa shape index (κ1) is 10.6. The Labute approximate surface area is 92.0 Å². The van der Waals surface area contributed by atoms with Crippen molar-refractivity contribution in [3.05, 3.63) is 35.6 Å². The molecule has 16 heavy (non-hydrogen) atoms. The van der Waals surface area contributed by atoms with Crippen LogP contribution in [-0.2, 0) is 16.1 Å². The van der Waals surface area contributed by atoms with Gasteiger partial charge in [0.25, 0.3) is 0 Å². The van der Waals surface area contributed by atoms with Crippen molar-refractivity contribution in [3.8, 4) is 0 Å². The Morgan fingerprint density at radius 2 is 2.19 bits per heavy atom. The largest absolute Gasteiger partial charge is 0.346 e. The quantitative estimate of drug-likeness (QED) is 0.731. The van der Waals surface area contributed by atoms with E-state index in [9.17, 15) is 14.0 Å². The number of benzene rings is 1. The highest BCUT2D eigenvalue weighted by atomic mass is 19.1. The predicted octanol–water partition coefficient (Wildman–Crippen LogP) is 0.284. The summed E-state index contributed by atoms with van der Waals surface area (Å²) in [6, 6.07) is 6.01. The molecule has 0 saturated carbocycles. The van der Waals surface area contributed by atoms with Crippen LogP contribution in [0.1, 0.15) is 5.56 Å². The Hall–Kier alpha value is -1.91. The van der Waals surface area contributed by atoms with Crippen molar-refractivity contribution < 1.29 is 14.0 Å². The first-order chi connectivity index (χ1) is 7.66. The fourth-order valence-electron chi connectivity index (χ4n) is 1.63. The van der Waals surface area contributed by atoms with E-state index in [4.69, 9.17) is 0 Å². The molecule has 1 heterocycles.